The van der Waals surface area contributed by atoms with E-state index in [1.165, 1.54) is 12.1 Å². The number of piperazine rings is 1. The number of hydrogen-bond acceptors (Lipinski definition) is 7. The van der Waals surface area contributed by atoms with E-state index in [1.54, 1.807) is 65.7 Å². The van der Waals surface area contributed by atoms with Gasteiger partial charge in [0.2, 0.25) is 11.8 Å². The lowest BCUT2D eigenvalue weighted by atomic mass is 9.94. The fourth-order valence-electron chi connectivity index (χ4n) is 4.58. The van der Waals surface area contributed by atoms with E-state index in [9.17, 15) is 23.3 Å². The molecule has 2 unspecified atom stereocenters. The molecule has 2 amide bonds. The van der Waals surface area contributed by atoms with Gasteiger partial charge in [0.25, 0.3) is 10.0 Å². The van der Waals surface area contributed by atoms with E-state index in [0.717, 1.165) is 11.3 Å². The molecule has 3 aromatic rings. The first-order chi connectivity index (χ1) is 18.3. The minimum atomic E-state index is -4.09. The molecule has 2 atom stereocenters. The Morgan fingerprint density at radius 1 is 0.974 bits per heavy atom. The number of benzene rings is 2. The number of sulfonamides is 1. The van der Waals surface area contributed by atoms with Crippen molar-refractivity contribution >= 4 is 21.8 Å². The fraction of sp³-hybridized carbons (Fsp3) is 0.286. The molecule has 4 rings (SSSR count). The summed E-state index contributed by atoms with van der Waals surface area (Å²) >= 11 is 0. The summed E-state index contributed by atoms with van der Waals surface area (Å²) in [5.74, 6) is -1.99. The molecule has 1 N–H and O–H groups in total. The Morgan fingerprint density at radius 2 is 1.61 bits per heavy atom. The Balaban J connectivity index is 1.45. The zero-order valence-electron chi connectivity index (χ0n) is 21.0. The van der Waals surface area contributed by atoms with Gasteiger partial charge in [0.05, 0.1) is 16.9 Å². The molecule has 38 heavy (non-hydrogen) atoms. The summed E-state index contributed by atoms with van der Waals surface area (Å²) in [7, 11) is -4.09. The Bertz CT molecular complexity index is 1420. The van der Waals surface area contributed by atoms with Crippen LogP contribution in [0.3, 0.4) is 0 Å². The molecule has 0 spiro atoms. The molecule has 1 aromatic heterocycles. The number of carbonyl (C=O) groups excluding carboxylic acids is 2. The molecule has 1 saturated heterocycles. The lowest BCUT2D eigenvalue weighted by Gasteiger charge is -2.37. The van der Waals surface area contributed by atoms with Crippen LogP contribution in [0.2, 0.25) is 0 Å². The van der Waals surface area contributed by atoms with Crippen molar-refractivity contribution in [3.05, 3.63) is 95.8 Å². The highest BCUT2D eigenvalue weighted by molar-refractivity contribution is 7.90. The summed E-state index contributed by atoms with van der Waals surface area (Å²) in [4.78, 5) is 34.4. The second kappa shape index (κ2) is 12.0. The number of carbonyl (C=O) groups is 2. The molecule has 9 nitrogen and oxygen atoms in total. The summed E-state index contributed by atoms with van der Waals surface area (Å²) in [6.07, 6.45) is 1.51. The van der Waals surface area contributed by atoms with E-state index in [-0.39, 0.29) is 17.2 Å². The van der Waals surface area contributed by atoms with E-state index in [1.807, 2.05) is 17.9 Å². The fourth-order valence-corrected chi connectivity index (χ4v) is 5.62. The van der Waals surface area contributed by atoms with Gasteiger partial charge >= 0.3 is 0 Å². The van der Waals surface area contributed by atoms with E-state index < -0.39 is 27.9 Å². The number of aromatic nitrogens is 1. The zero-order valence-corrected chi connectivity index (χ0v) is 21.8. The van der Waals surface area contributed by atoms with Crippen LogP contribution in [0, 0.1) is 18.3 Å². The highest BCUT2D eigenvalue weighted by atomic mass is 32.2. The van der Waals surface area contributed by atoms with Gasteiger partial charge in [-0.1, -0.05) is 54.6 Å². The van der Waals surface area contributed by atoms with Crippen molar-refractivity contribution < 1.29 is 18.0 Å². The van der Waals surface area contributed by atoms with Crippen molar-refractivity contribution in [1.82, 2.24) is 19.5 Å². The van der Waals surface area contributed by atoms with Crippen LogP contribution < -0.4 is 4.72 Å². The lowest BCUT2D eigenvalue weighted by molar-refractivity contribution is -0.135. The molecule has 0 saturated carbocycles. The van der Waals surface area contributed by atoms with Crippen molar-refractivity contribution in [2.24, 2.45) is 0 Å². The summed E-state index contributed by atoms with van der Waals surface area (Å²) in [6, 6.07) is 21.9. The van der Waals surface area contributed by atoms with Gasteiger partial charge in [-0.2, -0.15) is 5.26 Å². The van der Waals surface area contributed by atoms with Crippen LogP contribution >= 0.6 is 0 Å². The number of aryl methyl sites for hydroxylation is 1. The normalized spacial score (nSPS) is 15.7. The minimum Gasteiger partial charge on any atom is -0.340 e. The van der Waals surface area contributed by atoms with Crippen LogP contribution in [0.1, 0.15) is 35.2 Å². The highest BCUT2D eigenvalue weighted by Gasteiger charge is 2.32. The molecule has 0 radical (unpaired) electrons. The number of amides is 2. The monoisotopic (exact) mass is 531 g/mol. The van der Waals surface area contributed by atoms with Crippen LogP contribution in [0.4, 0.5) is 0 Å². The van der Waals surface area contributed by atoms with Crippen molar-refractivity contribution in [3.8, 4) is 6.07 Å². The number of nitrogens with zero attached hydrogens (tertiary/aromatic N) is 4. The van der Waals surface area contributed by atoms with E-state index in [4.69, 9.17) is 0 Å². The Hall–Kier alpha value is -4.07. The third kappa shape index (κ3) is 6.25. The highest BCUT2D eigenvalue weighted by Crippen LogP contribution is 2.26. The lowest BCUT2D eigenvalue weighted by Crippen LogP contribution is -2.50. The number of nitrogens with one attached hydrogen (secondary N) is 1. The molecule has 1 aliphatic rings. The number of rotatable bonds is 8. The maximum Gasteiger partial charge on any atom is 0.264 e. The van der Waals surface area contributed by atoms with Crippen LogP contribution in [0.15, 0.2) is 83.9 Å². The van der Waals surface area contributed by atoms with Crippen LogP contribution in [-0.4, -0.2) is 61.2 Å². The average molecular weight is 532 g/mol. The maximum absolute atomic E-state index is 13.3. The summed E-state index contributed by atoms with van der Waals surface area (Å²) in [5.41, 5.74) is 2.19. The number of nitriles is 1. The average Bonchev–Trinajstić information content (AvgIpc) is 2.94. The van der Waals surface area contributed by atoms with E-state index in [0.29, 0.717) is 31.7 Å². The van der Waals surface area contributed by atoms with Gasteiger partial charge in [-0.25, -0.2) is 13.1 Å². The van der Waals surface area contributed by atoms with Gasteiger partial charge < -0.3 is 4.90 Å². The summed E-state index contributed by atoms with van der Waals surface area (Å²) in [6.45, 7) is 3.63. The Morgan fingerprint density at radius 3 is 2.21 bits per heavy atom. The largest absolute Gasteiger partial charge is 0.340 e. The van der Waals surface area contributed by atoms with Gasteiger partial charge in [-0.3, -0.25) is 19.5 Å². The molecule has 0 aliphatic carbocycles. The summed E-state index contributed by atoms with van der Waals surface area (Å²) < 4.78 is 27.7. The molecule has 0 bridgehead atoms. The first-order valence-corrected chi connectivity index (χ1v) is 13.8. The standard InChI is InChI=1S/C28H29N5O4S/c1-21-24(13-8-14-30-21)26(20-29)32-15-17-33(18-16-32)27(34)19-25(22-9-4-2-5-10-22)28(35)31-38(36,37)23-11-6-3-7-12-23/h2-14,25-26H,15-19H2,1H3,(H,31,35). The summed E-state index contributed by atoms with van der Waals surface area (Å²) in [5, 5.41) is 9.82. The Labute approximate surface area is 222 Å². The number of pyridine rings is 1. The second-order valence-electron chi connectivity index (χ2n) is 9.08. The van der Waals surface area contributed by atoms with Crippen LogP contribution in [-0.2, 0) is 19.6 Å². The SMILES string of the molecule is Cc1ncccc1C(C#N)N1CCN(C(=O)CC(C(=O)NS(=O)(=O)c2ccccc2)c2ccccc2)CC1. The molecule has 2 heterocycles. The molecule has 196 valence electrons. The number of hydrogen-bond donors (Lipinski definition) is 1. The predicted molar refractivity (Wildman–Crippen MR) is 141 cm³/mol. The maximum atomic E-state index is 13.3. The molecule has 1 aliphatic heterocycles. The van der Waals surface area contributed by atoms with Gasteiger partial charge in [-0.05, 0) is 30.7 Å². The van der Waals surface area contributed by atoms with Gasteiger partial charge in [0.1, 0.15) is 6.04 Å². The zero-order chi connectivity index (χ0) is 27.1. The topological polar surface area (TPSA) is 123 Å². The third-order valence-electron chi connectivity index (χ3n) is 6.68. The van der Waals surface area contributed by atoms with Crippen LogP contribution in [0.5, 0.6) is 0 Å². The van der Waals surface area contributed by atoms with Crippen molar-refractivity contribution in [2.75, 3.05) is 26.2 Å². The predicted octanol–water partition coefficient (Wildman–Crippen LogP) is 2.78. The van der Waals surface area contributed by atoms with Crippen molar-refractivity contribution in [3.63, 3.8) is 0 Å². The quantitative estimate of drug-likeness (QED) is 0.474. The van der Waals surface area contributed by atoms with Crippen molar-refractivity contribution in [1.29, 1.82) is 5.26 Å². The van der Waals surface area contributed by atoms with Gasteiger partial charge in [0.15, 0.2) is 0 Å². The van der Waals surface area contributed by atoms with Gasteiger partial charge in [0, 0.05) is 50.1 Å². The molecule has 2 aromatic carbocycles. The van der Waals surface area contributed by atoms with E-state index in [2.05, 4.69) is 15.8 Å². The molecular formula is C28H29N5O4S. The molecule has 1 fully saturated rings. The first-order valence-electron chi connectivity index (χ1n) is 12.3. The first kappa shape index (κ1) is 27.0. The van der Waals surface area contributed by atoms with E-state index >= 15 is 0 Å². The minimum absolute atomic E-state index is 0.0292. The van der Waals surface area contributed by atoms with Crippen molar-refractivity contribution in [2.45, 2.75) is 30.2 Å². The van der Waals surface area contributed by atoms with Crippen LogP contribution in [0.25, 0.3) is 0 Å². The van der Waals surface area contributed by atoms with Gasteiger partial charge in [-0.15, -0.1) is 0 Å². The third-order valence-corrected chi connectivity index (χ3v) is 8.05. The molecule has 10 heteroatoms. The molecular weight excluding hydrogens is 502 g/mol. The smallest absolute Gasteiger partial charge is 0.264 e. The Kier molecular flexibility index (Phi) is 8.51. The second-order valence-corrected chi connectivity index (χ2v) is 10.8.